The van der Waals surface area contributed by atoms with Crippen molar-refractivity contribution in [2.45, 2.75) is 6.54 Å². The van der Waals surface area contributed by atoms with Gasteiger partial charge in [0.1, 0.15) is 17.3 Å². The summed E-state index contributed by atoms with van der Waals surface area (Å²) in [4.78, 5) is 6.72. The number of hydrogen-bond acceptors (Lipinski definition) is 5. The second-order valence-corrected chi connectivity index (χ2v) is 7.43. The predicted octanol–water partition coefficient (Wildman–Crippen LogP) is 4.32. The van der Waals surface area contributed by atoms with Gasteiger partial charge >= 0.3 is 0 Å². The molecule has 1 aliphatic rings. The Morgan fingerprint density at radius 2 is 1.86 bits per heavy atom. The van der Waals surface area contributed by atoms with Crippen LogP contribution in [0.3, 0.4) is 0 Å². The summed E-state index contributed by atoms with van der Waals surface area (Å²) >= 11 is 11.3. The van der Waals surface area contributed by atoms with Gasteiger partial charge in [0.05, 0.1) is 31.6 Å². The molecule has 29 heavy (non-hydrogen) atoms. The summed E-state index contributed by atoms with van der Waals surface area (Å²) < 4.78 is 11.2. The summed E-state index contributed by atoms with van der Waals surface area (Å²) in [7, 11) is 0. The lowest BCUT2D eigenvalue weighted by molar-refractivity contribution is 0.122. The molecule has 6 nitrogen and oxygen atoms in total. The maximum atomic E-state index is 5.93. The van der Waals surface area contributed by atoms with E-state index in [4.69, 9.17) is 33.0 Å². The first-order valence-corrected chi connectivity index (χ1v) is 10.1. The van der Waals surface area contributed by atoms with Gasteiger partial charge in [0, 0.05) is 23.7 Å². The van der Waals surface area contributed by atoms with Crippen LogP contribution in [0, 0.1) is 0 Å². The summed E-state index contributed by atoms with van der Waals surface area (Å²) in [6.45, 7) is 3.69. The van der Waals surface area contributed by atoms with Crippen molar-refractivity contribution >= 4 is 40.4 Å². The standard InChI is InChI=1S/C21H21ClN4O2S/c22-16-3-1-15(2-4-16)19-7-6-18(28-19)14-24-21(29)25-17-5-8-20(23-13-17)26-9-11-27-12-10-26/h1-8,13H,9-12,14H2,(H2,24,25,29). The maximum absolute atomic E-state index is 5.93. The minimum Gasteiger partial charge on any atom is -0.459 e. The Hall–Kier alpha value is -2.61. The first-order chi connectivity index (χ1) is 14.2. The molecule has 2 N–H and O–H groups in total. The van der Waals surface area contributed by atoms with E-state index >= 15 is 0 Å². The van der Waals surface area contributed by atoms with Crippen LogP contribution in [-0.2, 0) is 11.3 Å². The van der Waals surface area contributed by atoms with Gasteiger partial charge in [-0.25, -0.2) is 4.98 Å². The number of furan rings is 1. The minimum absolute atomic E-state index is 0.485. The number of anilines is 2. The van der Waals surface area contributed by atoms with Crippen molar-refractivity contribution in [2.75, 3.05) is 36.5 Å². The molecule has 0 spiro atoms. The second-order valence-electron chi connectivity index (χ2n) is 6.59. The fourth-order valence-corrected chi connectivity index (χ4v) is 3.34. The highest BCUT2D eigenvalue weighted by molar-refractivity contribution is 7.80. The number of hydrogen-bond donors (Lipinski definition) is 2. The van der Waals surface area contributed by atoms with E-state index in [9.17, 15) is 0 Å². The van der Waals surface area contributed by atoms with Crippen LogP contribution in [-0.4, -0.2) is 36.4 Å². The van der Waals surface area contributed by atoms with Gasteiger partial charge in [-0.2, -0.15) is 0 Å². The Bertz CT molecular complexity index is 954. The van der Waals surface area contributed by atoms with Crippen LogP contribution in [0.2, 0.25) is 5.02 Å². The first kappa shape index (κ1) is 19.7. The topological polar surface area (TPSA) is 62.6 Å². The number of halogens is 1. The molecule has 0 saturated carbocycles. The Labute approximate surface area is 179 Å². The van der Waals surface area contributed by atoms with Gasteiger partial charge in [-0.05, 0) is 60.7 Å². The number of morpholine rings is 1. The summed E-state index contributed by atoms with van der Waals surface area (Å²) in [5.41, 5.74) is 1.81. The number of nitrogens with one attached hydrogen (secondary N) is 2. The van der Waals surface area contributed by atoms with Crippen molar-refractivity contribution in [3.8, 4) is 11.3 Å². The molecule has 0 amide bonds. The number of nitrogens with zero attached hydrogens (tertiary/aromatic N) is 2. The van der Waals surface area contributed by atoms with Gasteiger partial charge in [-0.15, -0.1) is 0 Å². The molecule has 0 radical (unpaired) electrons. The highest BCUT2D eigenvalue weighted by Crippen LogP contribution is 2.23. The van der Waals surface area contributed by atoms with Crippen LogP contribution in [0.1, 0.15) is 5.76 Å². The maximum Gasteiger partial charge on any atom is 0.171 e. The molecule has 1 aliphatic heterocycles. The predicted molar refractivity (Wildman–Crippen MR) is 119 cm³/mol. The number of pyridine rings is 1. The SMILES string of the molecule is S=C(NCc1ccc(-c2ccc(Cl)cc2)o1)Nc1ccc(N2CCOCC2)nc1. The van der Waals surface area contributed by atoms with Crippen molar-refractivity contribution < 1.29 is 9.15 Å². The van der Waals surface area contributed by atoms with Crippen molar-refractivity contribution in [1.82, 2.24) is 10.3 Å². The van der Waals surface area contributed by atoms with Gasteiger partial charge in [0.25, 0.3) is 0 Å². The van der Waals surface area contributed by atoms with Crippen molar-refractivity contribution in [3.05, 3.63) is 65.5 Å². The third kappa shape index (κ3) is 5.26. The molecule has 1 aromatic carbocycles. The van der Waals surface area contributed by atoms with Crippen LogP contribution >= 0.6 is 23.8 Å². The minimum atomic E-state index is 0.485. The zero-order chi connectivity index (χ0) is 20.1. The lowest BCUT2D eigenvalue weighted by Crippen LogP contribution is -2.36. The highest BCUT2D eigenvalue weighted by Gasteiger charge is 2.12. The third-order valence-electron chi connectivity index (χ3n) is 4.55. The highest BCUT2D eigenvalue weighted by atomic mass is 35.5. The Morgan fingerprint density at radius 3 is 2.59 bits per heavy atom. The fraction of sp³-hybridized carbons (Fsp3) is 0.238. The van der Waals surface area contributed by atoms with Crippen molar-refractivity contribution in [3.63, 3.8) is 0 Å². The van der Waals surface area contributed by atoms with Gasteiger partial charge in [-0.3, -0.25) is 0 Å². The molecule has 0 aliphatic carbocycles. The number of benzene rings is 1. The molecule has 0 atom stereocenters. The molecular weight excluding hydrogens is 408 g/mol. The molecular formula is C21H21ClN4O2S. The zero-order valence-electron chi connectivity index (χ0n) is 15.7. The fourth-order valence-electron chi connectivity index (χ4n) is 3.02. The average Bonchev–Trinajstić information content (AvgIpc) is 3.23. The molecule has 0 unspecified atom stereocenters. The Kier molecular flexibility index (Phi) is 6.29. The summed E-state index contributed by atoms with van der Waals surface area (Å²) in [6.07, 6.45) is 1.78. The van der Waals surface area contributed by atoms with E-state index in [1.807, 2.05) is 48.5 Å². The van der Waals surface area contributed by atoms with E-state index in [-0.39, 0.29) is 0 Å². The van der Waals surface area contributed by atoms with Crippen LogP contribution in [0.5, 0.6) is 0 Å². The Balaban J connectivity index is 1.28. The first-order valence-electron chi connectivity index (χ1n) is 9.36. The molecule has 3 heterocycles. The molecule has 0 bridgehead atoms. The van der Waals surface area contributed by atoms with Gasteiger partial charge in [0.15, 0.2) is 5.11 Å². The molecule has 4 rings (SSSR count). The normalized spacial score (nSPS) is 13.9. The quantitative estimate of drug-likeness (QED) is 0.587. The van der Waals surface area contributed by atoms with E-state index in [1.165, 1.54) is 0 Å². The summed E-state index contributed by atoms with van der Waals surface area (Å²) in [6, 6.07) is 15.4. The molecule has 3 aromatic rings. The number of thiocarbonyl (C=S) groups is 1. The summed E-state index contributed by atoms with van der Waals surface area (Å²) in [5, 5.41) is 7.51. The zero-order valence-corrected chi connectivity index (χ0v) is 17.3. The van der Waals surface area contributed by atoms with E-state index in [0.29, 0.717) is 16.7 Å². The largest absolute Gasteiger partial charge is 0.459 e. The lowest BCUT2D eigenvalue weighted by atomic mass is 10.2. The number of aromatic nitrogens is 1. The van der Waals surface area contributed by atoms with Gasteiger partial charge in [0.2, 0.25) is 0 Å². The van der Waals surface area contributed by atoms with Gasteiger partial charge < -0.3 is 24.7 Å². The molecule has 1 fully saturated rings. The van der Waals surface area contributed by atoms with Crippen LogP contribution in [0.15, 0.2) is 59.1 Å². The van der Waals surface area contributed by atoms with Gasteiger partial charge in [-0.1, -0.05) is 11.6 Å². The number of rotatable bonds is 5. The monoisotopic (exact) mass is 428 g/mol. The average molecular weight is 429 g/mol. The van der Waals surface area contributed by atoms with Crippen LogP contribution in [0.25, 0.3) is 11.3 Å². The van der Waals surface area contributed by atoms with E-state index in [1.54, 1.807) is 6.20 Å². The number of ether oxygens (including phenoxy) is 1. The van der Waals surface area contributed by atoms with Crippen LogP contribution in [0.4, 0.5) is 11.5 Å². The smallest absolute Gasteiger partial charge is 0.171 e. The summed E-state index contributed by atoms with van der Waals surface area (Å²) in [5.74, 6) is 2.53. The third-order valence-corrected chi connectivity index (χ3v) is 5.05. The molecule has 150 valence electrons. The lowest BCUT2D eigenvalue weighted by Gasteiger charge is -2.27. The molecule has 2 aromatic heterocycles. The van der Waals surface area contributed by atoms with Crippen molar-refractivity contribution in [1.29, 1.82) is 0 Å². The van der Waals surface area contributed by atoms with Crippen molar-refractivity contribution in [2.24, 2.45) is 0 Å². The Morgan fingerprint density at radius 1 is 1.07 bits per heavy atom. The van der Waals surface area contributed by atoms with Crippen LogP contribution < -0.4 is 15.5 Å². The molecule has 1 saturated heterocycles. The van der Waals surface area contributed by atoms with E-state index < -0.39 is 0 Å². The van der Waals surface area contributed by atoms with E-state index in [2.05, 4.69) is 20.5 Å². The second kappa shape index (κ2) is 9.26. The molecule has 8 heteroatoms. The van der Waals surface area contributed by atoms with E-state index in [0.717, 1.165) is 54.9 Å².